The molecule has 1 aromatic heterocycles. The van der Waals surface area contributed by atoms with Crippen molar-refractivity contribution in [2.24, 2.45) is 5.92 Å². The maximum absolute atomic E-state index is 11.3. The van der Waals surface area contributed by atoms with Crippen LogP contribution in [0.2, 0.25) is 0 Å². The largest absolute Gasteiger partial charge is 0.481 e. The molecule has 0 spiro atoms. The van der Waals surface area contributed by atoms with Gasteiger partial charge in [0, 0.05) is 17.3 Å². The van der Waals surface area contributed by atoms with Crippen LogP contribution in [0.3, 0.4) is 0 Å². The molecule has 1 aliphatic rings. The maximum atomic E-state index is 11.3. The predicted molar refractivity (Wildman–Crippen MR) is 55.8 cm³/mol. The molecule has 2 heterocycles. The molecule has 0 saturated carbocycles. The lowest BCUT2D eigenvalue weighted by molar-refractivity contribution is -0.148. The molecule has 1 saturated heterocycles. The zero-order chi connectivity index (χ0) is 10.8. The summed E-state index contributed by atoms with van der Waals surface area (Å²) in [6, 6.07) is 3.91. The Bertz CT molecular complexity index is 374. The molecule has 5 heteroatoms. The van der Waals surface area contributed by atoms with E-state index in [4.69, 9.17) is 5.11 Å². The Morgan fingerprint density at radius 2 is 2.40 bits per heavy atom. The van der Waals surface area contributed by atoms with Crippen LogP contribution in [-0.4, -0.2) is 23.5 Å². The highest BCUT2D eigenvalue weighted by atomic mass is 32.1. The highest BCUT2D eigenvalue weighted by Crippen LogP contribution is 2.29. The van der Waals surface area contributed by atoms with Crippen LogP contribution in [0, 0.1) is 5.92 Å². The van der Waals surface area contributed by atoms with Crippen molar-refractivity contribution in [3.05, 3.63) is 22.4 Å². The van der Waals surface area contributed by atoms with Crippen molar-refractivity contribution in [1.82, 2.24) is 5.32 Å². The third kappa shape index (κ3) is 2.02. The van der Waals surface area contributed by atoms with Crippen molar-refractivity contribution >= 4 is 23.2 Å². The normalized spacial score (nSPS) is 26.0. The number of carbonyl (C=O) groups is 2. The summed E-state index contributed by atoms with van der Waals surface area (Å²) in [6.07, 6.45) is 0.404. The minimum atomic E-state index is -1.03. The van der Waals surface area contributed by atoms with Gasteiger partial charge in [-0.1, -0.05) is 6.07 Å². The molecule has 1 aromatic rings. The van der Waals surface area contributed by atoms with Crippen molar-refractivity contribution < 1.29 is 14.7 Å². The van der Waals surface area contributed by atoms with Crippen LogP contribution >= 0.6 is 11.3 Å². The van der Waals surface area contributed by atoms with Gasteiger partial charge in [-0.3, -0.25) is 9.59 Å². The standard InChI is InChI=1S/C10H11NO3S/c12-9-7(10(13)14)4-6(5-11-9)8-2-1-3-15-8/h1-3,6-7H,4-5H2,(H,11,12)(H,13,14). The summed E-state index contributed by atoms with van der Waals surface area (Å²) < 4.78 is 0. The minimum Gasteiger partial charge on any atom is -0.481 e. The van der Waals surface area contributed by atoms with Gasteiger partial charge in [-0.25, -0.2) is 0 Å². The first-order chi connectivity index (χ1) is 7.18. The Morgan fingerprint density at radius 3 is 3.00 bits per heavy atom. The third-order valence-electron chi connectivity index (χ3n) is 2.60. The Balaban J connectivity index is 2.12. The Morgan fingerprint density at radius 1 is 1.60 bits per heavy atom. The molecule has 1 fully saturated rings. The lowest BCUT2D eigenvalue weighted by atomic mass is 9.89. The number of carbonyl (C=O) groups excluding carboxylic acids is 1. The van der Waals surface area contributed by atoms with Gasteiger partial charge in [0.05, 0.1) is 0 Å². The van der Waals surface area contributed by atoms with E-state index in [0.717, 1.165) is 4.88 Å². The van der Waals surface area contributed by atoms with Crippen LogP contribution in [0.15, 0.2) is 17.5 Å². The fourth-order valence-electron chi connectivity index (χ4n) is 1.78. The molecule has 15 heavy (non-hydrogen) atoms. The summed E-state index contributed by atoms with van der Waals surface area (Å²) >= 11 is 1.60. The van der Waals surface area contributed by atoms with Crippen LogP contribution in [-0.2, 0) is 9.59 Å². The van der Waals surface area contributed by atoms with Gasteiger partial charge in [-0.05, 0) is 17.9 Å². The monoisotopic (exact) mass is 225 g/mol. The number of piperidine rings is 1. The number of hydrogen-bond donors (Lipinski definition) is 2. The fraction of sp³-hybridized carbons (Fsp3) is 0.400. The van der Waals surface area contributed by atoms with Gasteiger partial charge in [0.15, 0.2) is 0 Å². The van der Waals surface area contributed by atoms with Gasteiger partial charge in [0.2, 0.25) is 5.91 Å². The van der Waals surface area contributed by atoms with Gasteiger partial charge in [-0.15, -0.1) is 11.3 Å². The summed E-state index contributed by atoms with van der Waals surface area (Å²) in [4.78, 5) is 23.2. The molecule has 1 aliphatic heterocycles. The molecular formula is C10H11NO3S. The van der Waals surface area contributed by atoms with Crippen LogP contribution in [0.1, 0.15) is 17.2 Å². The van der Waals surface area contributed by atoms with E-state index in [0.29, 0.717) is 13.0 Å². The number of nitrogens with one attached hydrogen (secondary N) is 1. The van der Waals surface area contributed by atoms with Crippen LogP contribution in [0.4, 0.5) is 0 Å². The summed E-state index contributed by atoms with van der Waals surface area (Å²) in [5, 5.41) is 13.5. The second-order valence-corrected chi connectivity index (χ2v) is 4.56. The van der Waals surface area contributed by atoms with E-state index < -0.39 is 11.9 Å². The smallest absolute Gasteiger partial charge is 0.316 e. The molecule has 0 bridgehead atoms. The second-order valence-electron chi connectivity index (χ2n) is 3.58. The fourth-order valence-corrected chi connectivity index (χ4v) is 2.62. The first-order valence-corrected chi connectivity index (χ1v) is 5.60. The number of rotatable bonds is 2. The predicted octanol–water partition coefficient (Wildman–Crippen LogP) is 1.05. The quantitative estimate of drug-likeness (QED) is 0.739. The summed E-state index contributed by atoms with van der Waals surface area (Å²) in [7, 11) is 0. The van der Waals surface area contributed by atoms with E-state index in [1.807, 2.05) is 17.5 Å². The Hall–Kier alpha value is -1.36. The van der Waals surface area contributed by atoms with Crippen molar-refractivity contribution in [3.8, 4) is 0 Å². The van der Waals surface area contributed by atoms with Crippen molar-refractivity contribution in [2.45, 2.75) is 12.3 Å². The first kappa shape index (κ1) is 10.2. The van der Waals surface area contributed by atoms with Gasteiger partial charge in [-0.2, -0.15) is 0 Å². The SMILES string of the molecule is O=C(O)C1CC(c2cccs2)CNC1=O. The molecule has 2 rings (SSSR count). The summed E-state index contributed by atoms with van der Waals surface area (Å²) in [5.41, 5.74) is 0. The minimum absolute atomic E-state index is 0.142. The number of carboxylic acid groups (broad SMARTS) is 1. The van der Waals surface area contributed by atoms with E-state index in [9.17, 15) is 9.59 Å². The molecule has 0 radical (unpaired) electrons. The number of thiophene rings is 1. The number of carboxylic acids is 1. The molecule has 0 aromatic carbocycles. The van der Waals surface area contributed by atoms with Crippen molar-refractivity contribution in [2.75, 3.05) is 6.54 Å². The summed E-state index contributed by atoms with van der Waals surface area (Å²) in [6.45, 7) is 0.545. The van der Waals surface area contributed by atoms with Gasteiger partial charge < -0.3 is 10.4 Å². The highest BCUT2D eigenvalue weighted by molar-refractivity contribution is 7.10. The van der Waals surface area contributed by atoms with Gasteiger partial charge in [0.1, 0.15) is 5.92 Å². The third-order valence-corrected chi connectivity index (χ3v) is 3.64. The molecule has 2 atom stereocenters. The first-order valence-electron chi connectivity index (χ1n) is 4.72. The number of amides is 1. The van der Waals surface area contributed by atoms with Crippen LogP contribution < -0.4 is 5.32 Å². The van der Waals surface area contributed by atoms with Crippen molar-refractivity contribution in [1.29, 1.82) is 0 Å². The summed E-state index contributed by atoms with van der Waals surface area (Å²) in [5.74, 6) is -2.15. The highest BCUT2D eigenvalue weighted by Gasteiger charge is 2.34. The van der Waals surface area contributed by atoms with E-state index in [1.54, 1.807) is 11.3 Å². The molecule has 80 valence electrons. The van der Waals surface area contributed by atoms with E-state index in [1.165, 1.54) is 0 Å². The molecule has 2 unspecified atom stereocenters. The zero-order valence-electron chi connectivity index (χ0n) is 7.97. The second kappa shape index (κ2) is 4.02. The maximum Gasteiger partial charge on any atom is 0.316 e. The topological polar surface area (TPSA) is 66.4 Å². The zero-order valence-corrected chi connectivity index (χ0v) is 8.79. The molecule has 0 aliphatic carbocycles. The number of aliphatic carboxylic acids is 1. The van der Waals surface area contributed by atoms with Crippen molar-refractivity contribution in [3.63, 3.8) is 0 Å². The molecule has 1 amide bonds. The Kier molecular flexibility index (Phi) is 2.73. The molecule has 4 nitrogen and oxygen atoms in total. The lowest BCUT2D eigenvalue weighted by Gasteiger charge is -2.25. The van der Waals surface area contributed by atoms with Gasteiger partial charge in [0.25, 0.3) is 0 Å². The molecule has 2 N–H and O–H groups in total. The van der Waals surface area contributed by atoms with Gasteiger partial charge >= 0.3 is 5.97 Å². The van der Waals surface area contributed by atoms with Crippen LogP contribution in [0.5, 0.6) is 0 Å². The van der Waals surface area contributed by atoms with Crippen LogP contribution in [0.25, 0.3) is 0 Å². The average Bonchev–Trinajstić information content (AvgIpc) is 2.71. The average molecular weight is 225 g/mol. The molecular weight excluding hydrogens is 214 g/mol. The Labute approximate surface area is 90.9 Å². The van der Waals surface area contributed by atoms with E-state index >= 15 is 0 Å². The number of hydrogen-bond acceptors (Lipinski definition) is 3. The van der Waals surface area contributed by atoms with E-state index in [2.05, 4.69) is 5.32 Å². The lowest BCUT2D eigenvalue weighted by Crippen LogP contribution is -2.43. The van der Waals surface area contributed by atoms with E-state index in [-0.39, 0.29) is 11.8 Å².